The molecule has 17 heavy (non-hydrogen) atoms. The van der Waals surface area contributed by atoms with Gasteiger partial charge in [0.25, 0.3) is 0 Å². The van der Waals surface area contributed by atoms with Crippen molar-refractivity contribution in [3.8, 4) is 0 Å². The van der Waals surface area contributed by atoms with E-state index in [1.54, 1.807) is 0 Å². The van der Waals surface area contributed by atoms with E-state index < -0.39 is 0 Å². The van der Waals surface area contributed by atoms with Crippen LogP contribution in [0.25, 0.3) is 0 Å². The zero-order chi connectivity index (χ0) is 12.1. The highest BCUT2D eigenvalue weighted by Crippen LogP contribution is 2.27. The second-order valence-electron chi connectivity index (χ2n) is 5.06. The maximum absolute atomic E-state index is 5.63. The lowest BCUT2D eigenvalue weighted by Crippen LogP contribution is -2.28. The zero-order valence-electron chi connectivity index (χ0n) is 10.9. The Morgan fingerprint density at radius 3 is 2.35 bits per heavy atom. The highest BCUT2D eigenvalue weighted by atomic mass is 15.1. The van der Waals surface area contributed by atoms with Gasteiger partial charge in [0.15, 0.2) is 0 Å². The third-order valence-electron chi connectivity index (χ3n) is 3.87. The fourth-order valence-electron chi connectivity index (χ4n) is 2.76. The van der Waals surface area contributed by atoms with E-state index in [1.807, 2.05) is 0 Å². The predicted octanol–water partition coefficient (Wildman–Crippen LogP) is 3.16. The van der Waals surface area contributed by atoms with Gasteiger partial charge in [-0.15, -0.1) is 0 Å². The second kappa shape index (κ2) is 6.06. The van der Waals surface area contributed by atoms with Gasteiger partial charge >= 0.3 is 0 Å². The Morgan fingerprint density at radius 2 is 1.82 bits per heavy atom. The Kier molecular flexibility index (Phi) is 4.43. The van der Waals surface area contributed by atoms with Crippen molar-refractivity contribution in [2.45, 2.75) is 39.2 Å². The molecule has 1 saturated carbocycles. The minimum absolute atomic E-state index is 0.634. The molecule has 0 spiro atoms. The number of hydrogen-bond acceptors (Lipinski definition) is 2. The van der Waals surface area contributed by atoms with Gasteiger partial charge in [0.2, 0.25) is 0 Å². The molecule has 0 atom stereocenters. The number of benzene rings is 1. The molecular weight excluding hydrogens is 208 g/mol. The Bertz CT molecular complexity index is 325. The molecule has 0 unspecified atom stereocenters. The lowest BCUT2D eigenvalue weighted by Gasteiger charge is -2.26. The van der Waals surface area contributed by atoms with Crippen LogP contribution in [0.1, 0.15) is 38.2 Å². The van der Waals surface area contributed by atoms with Crippen LogP contribution in [0.3, 0.4) is 0 Å². The van der Waals surface area contributed by atoms with Gasteiger partial charge in [-0.05, 0) is 43.4 Å². The van der Waals surface area contributed by atoms with Crippen molar-refractivity contribution in [2.75, 3.05) is 18.0 Å². The van der Waals surface area contributed by atoms with E-state index in [4.69, 9.17) is 5.73 Å². The molecule has 1 fully saturated rings. The van der Waals surface area contributed by atoms with Gasteiger partial charge < -0.3 is 10.6 Å². The standard InChI is InChI=1S/C15H24N2/c1-2-17(12-14-5-3-4-6-14)15-9-7-13(11-16)8-10-15/h7-10,14H,2-6,11-12,16H2,1H3. The summed E-state index contributed by atoms with van der Waals surface area (Å²) in [6, 6.07) is 8.71. The minimum Gasteiger partial charge on any atom is -0.372 e. The number of anilines is 1. The van der Waals surface area contributed by atoms with Gasteiger partial charge in [-0.2, -0.15) is 0 Å². The van der Waals surface area contributed by atoms with Crippen LogP contribution in [0.5, 0.6) is 0 Å². The topological polar surface area (TPSA) is 29.3 Å². The van der Waals surface area contributed by atoms with E-state index in [2.05, 4.69) is 36.1 Å². The molecule has 0 bridgehead atoms. The lowest BCUT2D eigenvalue weighted by molar-refractivity contribution is 0.536. The first kappa shape index (κ1) is 12.4. The average Bonchev–Trinajstić information content (AvgIpc) is 2.89. The monoisotopic (exact) mass is 232 g/mol. The maximum Gasteiger partial charge on any atom is 0.0366 e. The van der Waals surface area contributed by atoms with Gasteiger partial charge in [-0.25, -0.2) is 0 Å². The fraction of sp³-hybridized carbons (Fsp3) is 0.600. The van der Waals surface area contributed by atoms with Crippen molar-refractivity contribution in [3.05, 3.63) is 29.8 Å². The summed E-state index contributed by atoms with van der Waals surface area (Å²) in [6.07, 6.45) is 5.68. The Morgan fingerprint density at radius 1 is 1.18 bits per heavy atom. The Balaban J connectivity index is 2.00. The third-order valence-corrected chi connectivity index (χ3v) is 3.87. The summed E-state index contributed by atoms with van der Waals surface area (Å²) in [6.45, 7) is 5.19. The number of hydrogen-bond donors (Lipinski definition) is 1. The highest BCUT2D eigenvalue weighted by Gasteiger charge is 2.17. The first-order valence-electron chi connectivity index (χ1n) is 6.87. The van der Waals surface area contributed by atoms with Gasteiger partial charge in [-0.3, -0.25) is 0 Å². The van der Waals surface area contributed by atoms with E-state index in [0.717, 1.165) is 12.5 Å². The van der Waals surface area contributed by atoms with Crippen molar-refractivity contribution in [3.63, 3.8) is 0 Å². The summed E-state index contributed by atoms with van der Waals surface area (Å²) in [4.78, 5) is 2.50. The summed E-state index contributed by atoms with van der Waals surface area (Å²) in [5, 5.41) is 0. The molecule has 2 heteroatoms. The van der Waals surface area contributed by atoms with Crippen LogP contribution in [0.4, 0.5) is 5.69 Å². The van der Waals surface area contributed by atoms with Gasteiger partial charge in [0.1, 0.15) is 0 Å². The smallest absolute Gasteiger partial charge is 0.0366 e. The molecule has 1 aliphatic carbocycles. The normalized spacial score (nSPS) is 16.4. The van der Waals surface area contributed by atoms with Gasteiger partial charge in [-0.1, -0.05) is 25.0 Å². The molecule has 2 N–H and O–H groups in total. The molecule has 0 aromatic heterocycles. The van der Waals surface area contributed by atoms with Crippen molar-refractivity contribution in [1.29, 1.82) is 0 Å². The van der Waals surface area contributed by atoms with E-state index in [0.29, 0.717) is 6.54 Å². The SMILES string of the molecule is CCN(CC1CCCC1)c1ccc(CN)cc1. The third kappa shape index (κ3) is 3.22. The van der Waals surface area contributed by atoms with E-state index >= 15 is 0 Å². The molecular formula is C15H24N2. The molecule has 0 saturated heterocycles. The average molecular weight is 232 g/mol. The van der Waals surface area contributed by atoms with Crippen molar-refractivity contribution in [1.82, 2.24) is 0 Å². The molecule has 2 rings (SSSR count). The molecule has 0 aliphatic heterocycles. The van der Waals surface area contributed by atoms with Crippen LogP contribution in [-0.4, -0.2) is 13.1 Å². The van der Waals surface area contributed by atoms with Crippen LogP contribution in [0.2, 0.25) is 0 Å². The van der Waals surface area contributed by atoms with Crippen LogP contribution in [-0.2, 0) is 6.54 Å². The molecule has 94 valence electrons. The van der Waals surface area contributed by atoms with E-state index in [1.165, 1.54) is 43.5 Å². The summed E-state index contributed by atoms with van der Waals surface area (Å²) in [5.41, 5.74) is 8.18. The number of nitrogens with two attached hydrogens (primary N) is 1. The highest BCUT2D eigenvalue weighted by molar-refractivity contribution is 5.47. The molecule has 1 aromatic rings. The second-order valence-corrected chi connectivity index (χ2v) is 5.06. The quantitative estimate of drug-likeness (QED) is 0.845. The van der Waals surface area contributed by atoms with Gasteiger partial charge in [0, 0.05) is 25.3 Å². The zero-order valence-corrected chi connectivity index (χ0v) is 10.9. The minimum atomic E-state index is 0.634. The number of nitrogens with zero attached hydrogens (tertiary/aromatic N) is 1. The Hall–Kier alpha value is -1.02. The lowest BCUT2D eigenvalue weighted by atomic mass is 10.1. The first-order chi connectivity index (χ1) is 8.33. The largest absolute Gasteiger partial charge is 0.372 e. The van der Waals surface area contributed by atoms with Gasteiger partial charge in [0.05, 0.1) is 0 Å². The van der Waals surface area contributed by atoms with E-state index in [9.17, 15) is 0 Å². The Labute approximate surface area is 105 Å². The van der Waals surface area contributed by atoms with E-state index in [-0.39, 0.29) is 0 Å². The summed E-state index contributed by atoms with van der Waals surface area (Å²) in [7, 11) is 0. The molecule has 2 nitrogen and oxygen atoms in total. The summed E-state index contributed by atoms with van der Waals surface area (Å²) in [5.74, 6) is 0.907. The molecule has 0 radical (unpaired) electrons. The van der Waals surface area contributed by atoms with Crippen molar-refractivity contribution in [2.24, 2.45) is 11.7 Å². The van der Waals surface area contributed by atoms with Crippen LogP contribution >= 0.6 is 0 Å². The predicted molar refractivity (Wildman–Crippen MR) is 74.2 cm³/mol. The molecule has 0 heterocycles. The van der Waals surface area contributed by atoms with Crippen molar-refractivity contribution >= 4 is 5.69 Å². The summed E-state index contributed by atoms with van der Waals surface area (Å²) < 4.78 is 0. The summed E-state index contributed by atoms with van der Waals surface area (Å²) >= 11 is 0. The van der Waals surface area contributed by atoms with Crippen LogP contribution < -0.4 is 10.6 Å². The molecule has 0 amide bonds. The van der Waals surface area contributed by atoms with Crippen LogP contribution in [0.15, 0.2) is 24.3 Å². The molecule has 1 aromatic carbocycles. The first-order valence-corrected chi connectivity index (χ1v) is 6.87. The van der Waals surface area contributed by atoms with Crippen LogP contribution in [0, 0.1) is 5.92 Å². The molecule has 1 aliphatic rings. The maximum atomic E-state index is 5.63. The number of rotatable bonds is 5. The fourth-order valence-corrected chi connectivity index (χ4v) is 2.76. The van der Waals surface area contributed by atoms with Crippen molar-refractivity contribution < 1.29 is 0 Å².